The number of amides is 1. The van der Waals surface area contributed by atoms with Crippen molar-refractivity contribution in [1.29, 1.82) is 0 Å². The molecule has 3 rings (SSSR count). The molecule has 1 fully saturated rings. The molecule has 1 aromatic carbocycles. The third kappa shape index (κ3) is 2.73. The molecule has 1 saturated carbocycles. The predicted molar refractivity (Wildman–Crippen MR) is 103 cm³/mol. The van der Waals surface area contributed by atoms with Crippen molar-refractivity contribution in [3.05, 3.63) is 39.5 Å². The molecule has 25 heavy (non-hydrogen) atoms. The van der Waals surface area contributed by atoms with Gasteiger partial charge in [0.05, 0.1) is 11.1 Å². The van der Waals surface area contributed by atoms with Gasteiger partial charge in [0.2, 0.25) is 0 Å². The second-order valence-electron chi connectivity index (χ2n) is 8.33. The van der Waals surface area contributed by atoms with Gasteiger partial charge in [-0.2, -0.15) is 0 Å². The van der Waals surface area contributed by atoms with Crippen LogP contribution in [-0.2, 0) is 9.53 Å². The molecule has 1 aromatic rings. The lowest BCUT2D eigenvalue weighted by molar-refractivity contribution is -0.117. The monoisotopic (exact) mass is 341 g/mol. The zero-order valence-electron chi connectivity index (χ0n) is 16.7. The van der Waals surface area contributed by atoms with Crippen molar-refractivity contribution in [2.24, 2.45) is 0 Å². The van der Waals surface area contributed by atoms with E-state index in [1.807, 2.05) is 0 Å². The van der Waals surface area contributed by atoms with E-state index in [0.717, 1.165) is 36.8 Å². The van der Waals surface area contributed by atoms with Gasteiger partial charge in [-0.25, -0.2) is 0 Å². The van der Waals surface area contributed by atoms with Crippen LogP contribution in [0.5, 0.6) is 0 Å². The van der Waals surface area contributed by atoms with E-state index in [0.29, 0.717) is 0 Å². The Kier molecular flexibility index (Phi) is 4.35. The van der Waals surface area contributed by atoms with E-state index in [2.05, 4.69) is 52.9 Å². The maximum Gasteiger partial charge on any atom is 0.252 e. The van der Waals surface area contributed by atoms with Crippen LogP contribution in [0.4, 0.5) is 0 Å². The van der Waals surface area contributed by atoms with Crippen LogP contribution in [0, 0.1) is 27.7 Å². The number of carbonyl (C=O) groups excluding carboxylic acids is 1. The van der Waals surface area contributed by atoms with Crippen LogP contribution in [0.25, 0.3) is 5.57 Å². The molecule has 3 nitrogen and oxygen atoms in total. The Balaban J connectivity index is 2.08. The summed E-state index contributed by atoms with van der Waals surface area (Å²) in [5.41, 5.74) is 7.99. The van der Waals surface area contributed by atoms with Crippen LogP contribution < -0.4 is 5.32 Å². The Morgan fingerprint density at radius 3 is 2.12 bits per heavy atom. The van der Waals surface area contributed by atoms with Gasteiger partial charge in [0.25, 0.3) is 5.91 Å². The summed E-state index contributed by atoms with van der Waals surface area (Å²) in [4.78, 5) is 13.0. The molecular formula is C22H31NO2. The molecule has 0 bridgehead atoms. The molecule has 1 heterocycles. The summed E-state index contributed by atoms with van der Waals surface area (Å²) in [6, 6.07) is 2.21. The lowest BCUT2D eigenvalue weighted by atomic mass is 9.71. The number of rotatable bonds is 2. The van der Waals surface area contributed by atoms with Gasteiger partial charge >= 0.3 is 0 Å². The second kappa shape index (κ2) is 5.98. The zero-order chi connectivity index (χ0) is 18.6. The third-order valence-electron chi connectivity index (χ3n) is 6.93. The lowest BCUT2D eigenvalue weighted by Crippen LogP contribution is -2.50. The average molecular weight is 341 g/mol. The minimum Gasteiger partial charge on any atom is -0.379 e. The zero-order valence-corrected chi connectivity index (χ0v) is 16.7. The van der Waals surface area contributed by atoms with Gasteiger partial charge in [-0.05, 0) is 101 Å². The number of carbonyl (C=O) groups is 1. The van der Waals surface area contributed by atoms with Gasteiger partial charge < -0.3 is 10.1 Å². The first-order valence-corrected chi connectivity index (χ1v) is 9.31. The van der Waals surface area contributed by atoms with Gasteiger partial charge in [-0.3, -0.25) is 4.79 Å². The molecule has 1 amide bonds. The van der Waals surface area contributed by atoms with Gasteiger partial charge in [0, 0.05) is 12.7 Å². The van der Waals surface area contributed by atoms with Crippen LogP contribution in [-0.4, -0.2) is 24.2 Å². The normalized spacial score (nSPS) is 29.5. The average Bonchev–Trinajstić information content (AvgIpc) is 2.81. The van der Waals surface area contributed by atoms with Crippen LogP contribution in [0.3, 0.4) is 0 Å². The molecule has 0 atom stereocenters. The summed E-state index contributed by atoms with van der Waals surface area (Å²) in [6.45, 7) is 12.9. The molecule has 0 unspecified atom stereocenters. The third-order valence-corrected chi connectivity index (χ3v) is 6.93. The van der Waals surface area contributed by atoms with E-state index in [-0.39, 0.29) is 17.0 Å². The number of methoxy groups -OCH3 is 1. The Morgan fingerprint density at radius 1 is 0.960 bits per heavy atom. The largest absolute Gasteiger partial charge is 0.379 e. The number of benzene rings is 1. The van der Waals surface area contributed by atoms with Crippen LogP contribution in [0.1, 0.15) is 67.3 Å². The summed E-state index contributed by atoms with van der Waals surface area (Å²) in [6.07, 6.45) is 3.83. The first-order chi connectivity index (χ1) is 11.6. The van der Waals surface area contributed by atoms with Gasteiger partial charge in [-0.1, -0.05) is 6.07 Å². The SMILES string of the molecule is COC1(C)CCC2(CC1)NC(=O)C(c1c(C)cc(C)c(C)c1C)=C2C. The molecule has 1 spiro atoms. The second-order valence-corrected chi connectivity index (χ2v) is 8.33. The number of hydrogen-bond acceptors (Lipinski definition) is 2. The molecule has 3 heteroatoms. The Morgan fingerprint density at radius 2 is 1.56 bits per heavy atom. The maximum atomic E-state index is 13.0. The summed E-state index contributed by atoms with van der Waals surface area (Å²) in [5.74, 6) is 0.0907. The number of ether oxygens (including phenoxy) is 1. The summed E-state index contributed by atoms with van der Waals surface area (Å²) in [5, 5.41) is 3.35. The highest BCUT2D eigenvalue weighted by atomic mass is 16.5. The summed E-state index contributed by atoms with van der Waals surface area (Å²) in [7, 11) is 1.79. The van der Waals surface area contributed by atoms with E-state index in [1.54, 1.807) is 7.11 Å². The van der Waals surface area contributed by atoms with Crippen LogP contribution >= 0.6 is 0 Å². The Bertz CT molecular complexity index is 765. The van der Waals surface area contributed by atoms with E-state index < -0.39 is 0 Å². The maximum absolute atomic E-state index is 13.0. The summed E-state index contributed by atoms with van der Waals surface area (Å²) >= 11 is 0. The highest BCUT2D eigenvalue weighted by Crippen LogP contribution is 2.46. The minimum atomic E-state index is -0.192. The smallest absolute Gasteiger partial charge is 0.252 e. The molecule has 1 N–H and O–H groups in total. The molecule has 0 saturated heterocycles. The van der Waals surface area contributed by atoms with Crippen molar-refractivity contribution in [3.8, 4) is 0 Å². The minimum absolute atomic E-state index is 0.0642. The first-order valence-electron chi connectivity index (χ1n) is 9.31. The Hall–Kier alpha value is -1.61. The van der Waals surface area contributed by atoms with Crippen LogP contribution in [0.15, 0.2) is 11.6 Å². The molecule has 0 aromatic heterocycles. The number of aryl methyl sites for hydroxylation is 2. The van der Waals surface area contributed by atoms with Gasteiger partial charge in [0.15, 0.2) is 0 Å². The predicted octanol–water partition coefficient (Wildman–Crippen LogP) is 4.54. The van der Waals surface area contributed by atoms with Crippen molar-refractivity contribution in [3.63, 3.8) is 0 Å². The standard InChI is InChI=1S/C22H31NO2/c1-13-12-14(2)18(16(4)15(13)3)19-17(5)22(23-20(19)24)10-8-21(6,25-7)9-11-22/h12H,8-11H2,1-7H3,(H,23,24). The molecule has 1 aliphatic heterocycles. The highest BCUT2D eigenvalue weighted by molar-refractivity contribution is 6.24. The quantitative estimate of drug-likeness (QED) is 0.857. The molecule has 2 aliphatic rings. The molecular weight excluding hydrogens is 310 g/mol. The number of hydrogen-bond donors (Lipinski definition) is 1. The van der Waals surface area contributed by atoms with E-state index >= 15 is 0 Å². The molecule has 0 radical (unpaired) electrons. The topological polar surface area (TPSA) is 38.3 Å². The molecule has 136 valence electrons. The fourth-order valence-electron chi connectivity index (χ4n) is 4.66. The number of nitrogens with one attached hydrogen (secondary N) is 1. The fraction of sp³-hybridized carbons (Fsp3) is 0.591. The van der Waals surface area contributed by atoms with Crippen molar-refractivity contribution < 1.29 is 9.53 Å². The van der Waals surface area contributed by atoms with E-state index in [4.69, 9.17) is 4.74 Å². The Labute approximate surface area is 151 Å². The van der Waals surface area contributed by atoms with Crippen LogP contribution in [0.2, 0.25) is 0 Å². The lowest BCUT2D eigenvalue weighted by Gasteiger charge is -2.43. The fourth-order valence-corrected chi connectivity index (χ4v) is 4.66. The van der Waals surface area contributed by atoms with Crippen molar-refractivity contribution >= 4 is 11.5 Å². The molecule has 1 aliphatic carbocycles. The first kappa shape index (κ1) is 18.2. The van der Waals surface area contributed by atoms with E-state index in [9.17, 15) is 4.79 Å². The van der Waals surface area contributed by atoms with E-state index in [1.165, 1.54) is 27.8 Å². The van der Waals surface area contributed by atoms with Crippen molar-refractivity contribution in [2.45, 2.75) is 78.4 Å². The van der Waals surface area contributed by atoms with Gasteiger partial charge in [-0.15, -0.1) is 0 Å². The van der Waals surface area contributed by atoms with Crippen molar-refractivity contribution in [2.75, 3.05) is 7.11 Å². The van der Waals surface area contributed by atoms with Crippen molar-refractivity contribution in [1.82, 2.24) is 5.32 Å². The summed E-state index contributed by atoms with van der Waals surface area (Å²) < 4.78 is 5.69. The highest BCUT2D eigenvalue weighted by Gasteiger charge is 2.48. The van der Waals surface area contributed by atoms with Gasteiger partial charge in [0.1, 0.15) is 0 Å².